The first kappa shape index (κ1) is 11.3. The third kappa shape index (κ3) is 2.31. The molecule has 0 amide bonds. The Kier molecular flexibility index (Phi) is 3.37. The van der Waals surface area contributed by atoms with E-state index in [1.165, 1.54) is 18.4 Å². The minimum absolute atomic E-state index is 0.472. The predicted molar refractivity (Wildman–Crippen MR) is 68.3 cm³/mol. The second kappa shape index (κ2) is 4.77. The van der Waals surface area contributed by atoms with Crippen molar-refractivity contribution in [3.8, 4) is 5.75 Å². The molecule has 0 fully saturated rings. The lowest BCUT2D eigenvalue weighted by molar-refractivity contribution is 0.277. The Labute approximate surface area is 98.0 Å². The van der Waals surface area contributed by atoms with Gasteiger partial charge in [0.1, 0.15) is 12.4 Å². The van der Waals surface area contributed by atoms with Gasteiger partial charge in [-0.3, -0.25) is 0 Å². The molecule has 1 aromatic rings. The lowest BCUT2D eigenvalue weighted by atomic mass is 10.0. The van der Waals surface area contributed by atoms with Crippen molar-refractivity contribution in [1.82, 2.24) is 0 Å². The Morgan fingerprint density at radius 3 is 2.94 bits per heavy atom. The summed E-state index contributed by atoms with van der Waals surface area (Å²) in [6, 6.07) is 6.94. The third-order valence-corrected chi connectivity index (χ3v) is 3.11. The summed E-state index contributed by atoms with van der Waals surface area (Å²) in [7, 11) is 0. The minimum Gasteiger partial charge on any atom is -0.489 e. The Hall–Kier alpha value is -1.18. The van der Waals surface area contributed by atoms with Crippen LogP contribution in [0.4, 0.5) is 5.69 Å². The Balaban J connectivity index is 2.18. The van der Waals surface area contributed by atoms with Crippen LogP contribution in [0.3, 0.4) is 0 Å². The van der Waals surface area contributed by atoms with Crippen LogP contribution in [-0.2, 0) is 0 Å². The van der Waals surface area contributed by atoms with Crippen molar-refractivity contribution in [2.75, 3.05) is 11.9 Å². The largest absolute Gasteiger partial charge is 0.489 e. The minimum atomic E-state index is 0.472. The molecule has 2 heteroatoms. The maximum Gasteiger partial charge on any atom is 0.142 e. The van der Waals surface area contributed by atoms with Crippen LogP contribution < -0.4 is 10.1 Å². The average molecular weight is 219 g/mol. The molecule has 0 radical (unpaired) electrons. The molecule has 0 saturated heterocycles. The van der Waals surface area contributed by atoms with Gasteiger partial charge in [0.25, 0.3) is 0 Å². The van der Waals surface area contributed by atoms with Gasteiger partial charge in [0, 0.05) is 0 Å². The number of benzene rings is 1. The van der Waals surface area contributed by atoms with E-state index in [-0.39, 0.29) is 0 Å². The highest BCUT2D eigenvalue weighted by atomic mass is 16.5. The molecule has 0 bridgehead atoms. The smallest absolute Gasteiger partial charge is 0.142 e. The van der Waals surface area contributed by atoms with Gasteiger partial charge >= 0.3 is 0 Å². The van der Waals surface area contributed by atoms with Crippen LogP contribution in [0.1, 0.15) is 45.1 Å². The molecule has 0 aromatic heterocycles. The summed E-state index contributed by atoms with van der Waals surface area (Å²) in [6.45, 7) is 7.44. The van der Waals surface area contributed by atoms with Gasteiger partial charge in [-0.2, -0.15) is 0 Å². The molecule has 1 aromatic carbocycles. The standard InChI is InChI=1S/C14H21NO/c1-4-5-12-9-16-14-7-6-11(10(2)3)8-13(14)15-12/h6-8,10,12,15H,4-5,9H2,1-3H3. The van der Waals surface area contributed by atoms with Crippen molar-refractivity contribution >= 4 is 5.69 Å². The van der Waals surface area contributed by atoms with Crippen molar-refractivity contribution in [3.63, 3.8) is 0 Å². The summed E-state index contributed by atoms with van der Waals surface area (Å²) in [5, 5.41) is 3.57. The van der Waals surface area contributed by atoms with Gasteiger partial charge in [-0.05, 0) is 30.0 Å². The molecule has 0 spiro atoms. The van der Waals surface area contributed by atoms with Gasteiger partial charge < -0.3 is 10.1 Å². The summed E-state index contributed by atoms with van der Waals surface area (Å²) in [5.74, 6) is 1.57. The van der Waals surface area contributed by atoms with Gasteiger partial charge in [-0.15, -0.1) is 0 Å². The molecular formula is C14H21NO. The fourth-order valence-electron chi connectivity index (χ4n) is 2.10. The molecule has 2 nitrogen and oxygen atoms in total. The lowest BCUT2D eigenvalue weighted by Crippen LogP contribution is -2.31. The molecule has 1 heterocycles. The van der Waals surface area contributed by atoms with Crippen LogP contribution in [-0.4, -0.2) is 12.6 Å². The number of hydrogen-bond donors (Lipinski definition) is 1. The molecule has 1 atom stereocenters. The first-order chi connectivity index (χ1) is 7.70. The monoisotopic (exact) mass is 219 g/mol. The molecule has 1 N–H and O–H groups in total. The zero-order chi connectivity index (χ0) is 11.5. The van der Waals surface area contributed by atoms with Gasteiger partial charge in [0.2, 0.25) is 0 Å². The molecular weight excluding hydrogens is 198 g/mol. The van der Waals surface area contributed by atoms with E-state index in [0.29, 0.717) is 12.0 Å². The molecule has 1 unspecified atom stereocenters. The van der Waals surface area contributed by atoms with E-state index < -0.39 is 0 Å². The number of fused-ring (bicyclic) bond motifs is 1. The first-order valence-electron chi connectivity index (χ1n) is 6.24. The van der Waals surface area contributed by atoms with Crippen molar-refractivity contribution in [2.24, 2.45) is 0 Å². The third-order valence-electron chi connectivity index (χ3n) is 3.11. The van der Waals surface area contributed by atoms with Crippen LogP contribution in [0.15, 0.2) is 18.2 Å². The fraction of sp³-hybridized carbons (Fsp3) is 0.571. The maximum atomic E-state index is 5.76. The summed E-state index contributed by atoms with van der Waals surface area (Å²) in [6.07, 6.45) is 2.37. The highest BCUT2D eigenvalue weighted by Crippen LogP contribution is 2.32. The Morgan fingerprint density at radius 1 is 1.44 bits per heavy atom. The molecule has 2 rings (SSSR count). The van der Waals surface area contributed by atoms with Crippen LogP contribution in [0.25, 0.3) is 0 Å². The van der Waals surface area contributed by atoms with Gasteiger partial charge in [-0.1, -0.05) is 33.3 Å². The molecule has 16 heavy (non-hydrogen) atoms. The molecule has 0 aliphatic carbocycles. The summed E-state index contributed by atoms with van der Waals surface area (Å²) < 4.78 is 5.76. The summed E-state index contributed by atoms with van der Waals surface area (Å²) in [5.41, 5.74) is 2.53. The SMILES string of the molecule is CCCC1COc2ccc(C(C)C)cc2N1. The molecule has 88 valence electrons. The normalized spacial score (nSPS) is 18.9. The van der Waals surface area contributed by atoms with Crippen molar-refractivity contribution in [2.45, 2.75) is 45.6 Å². The summed E-state index contributed by atoms with van der Waals surface area (Å²) >= 11 is 0. The number of ether oxygens (including phenoxy) is 1. The van der Waals surface area contributed by atoms with Crippen LogP contribution in [0.5, 0.6) is 5.75 Å². The highest BCUT2D eigenvalue weighted by molar-refractivity contribution is 5.60. The second-order valence-electron chi connectivity index (χ2n) is 4.85. The molecule has 1 aliphatic rings. The fourth-order valence-corrected chi connectivity index (χ4v) is 2.10. The van der Waals surface area contributed by atoms with Crippen molar-refractivity contribution in [1.29, 1.82) is 0 Å². The van der Waals surface area contributed by atoms with Gasteiger partial charge in [0.05, 0.1) is 11.7 Å². The number of anilines is 1. The zero-order valence-corrected chi connectivity index (χ0v) is 10.4. The van der Waals surface area contributed by atoms with E-state index >= 15 is 0 Å². The quantitative estimate of drug-likeness (QED) is 0.835. The van der Waals surface area contributed by atoms with E-state index in [0.717, 1.165) is 18.0 Å². The number of nitrogens with one attached hydrogen (secondary N) is 1. The van der Waals surface area contributed by atoms with Gasteiger partial charge in [-0.25, -0.2) is 0 Å². The lowest BCUT2D eigenvalue weighted by Gasteiger charge is -2.28. The Bertz CT molecular complexity index is 360. The van der Waals surface area contributed by atoms with E-state index in [2.05, 4.69) is 44.3 Å². The molecule has 1 aliphatic heterocycles. The second-order valence-corrected chi connectivity index (χ2v) is 4.85. The van der Waals surface area contributed by atoms with Crippen LogP contribution >= 0.6 is 0 Å². The predicted octanol–water partition coefficient (Wildman–Crippen LogP) is 3.78. The van der Waals surface area contributed by atoms with E-state index in [1.807, 2.05) is 0 Å². The first-order valence-corrected chi connectivity index (χ1v) is 6.24. The average Bonchev–Trinajstić information content (AvgIpc) is 2.28. The van der Waals surface area contributed by atoms with Crippen LogP contribution in [0, 0.1) is 0 Å². The van der Waals surface area contributed by atoms with Crippen molar-refractivity contribution in [3.05, 3.63) is 23.8 Å². The van der Waals surface area contributed by atoms with Crippen LogP contribution in [0.2, 0.25) is 0 Å². The maximum absolute atomic E-state index is 5.76. The highest BCUT2D eigenvalue weighted by Gasteiger charge is 2.18. The number of rotatable bonds is 3. The molecule has 0 saturated carbocycles. The number of hydrogen-bond acceptors (Lipinski definition) is 2. The topological polar surface area (TPSA) is 21.3 Å². The van der Waals surface area contributed by atoms with E-state index in [4.69, 9.17) is 4.74 Å². The summed E-state index contributed by atoms with van der Waals surface area (Å²) in [4.78, 5) is 0. The van der Waals surface area contributed by atoms with E-state index in [1.54, 1.807) is 0 Å². The van der Waals surface area contributed by atoms with E-state index in [9.17, 15) is 0 Å². The Morgan fingerprint density at radius 2 is 2.25 bits per heavy atom. The van der Waals surface area contributed by atoms with Gasteiger partial charge in [0.15, 0.2) is 0 Å². The van der Waals surface area contributed by atoms with Crippen molar-refractivity contribution < 1.29 is 4.74 Å². The zero-order valence-electron chi connectivity index (χ0n) is 10.4.